The number of hydrogen-bond acceptors (Lipinski definition) is 3. The van der Waals surface area contributed by atoms with Crippen molar-refractivity contribution in [1.29, 1.82) is 0 Å². The van der Waals surface area contributed by atoms with Crippen LogP contribution in [0.2, 0.25) is 5.02 Å². The van der Waals surface area contributed by atoms with Gasteiger partial charge in [0, 0.05) is 17.0 Å². The average Bonchev–Trinajstić information content (AvgIpc) is 2.48. The van der Waals surface area contributed by atoms with Crippen LogP contribution in [0.4, 0.5) is 0 Å². The SMILES string of the molecule is CON[C@@H](CC(=O)c1ccccc1)c1ccccc1Cl. The van der Waals surface area contributed by atoms with Crippen molar-refractivity contribution in [3.05, 3.63) is 70.7 Å². The molecule has 0 aliphatic heterocycles. The maximum atomic E-state index is 12.3. The molecule has 0 aliphatic rings. The van der Waals surface area contributed by atoms with Crippen molar-refractivity contribution >= 4 is 17.4 Å². The maximum absolute atomic E-state index is 12.3. The van der Waals surface area contributed by atoms with E-state index in [1.165, 1.54) is 7.11 Å². The smallest absolute Gasteiger partial charge is 0.164 e. The maximum Gasteiger partial charge on any atom is 0.164 e. The molecule has 0 heterocycles. The summed E-state index contributed by atoms with van der Waals surface area (Å²) in [5.74, 6) is 0.0417. The molecule has 0 aromatic heterocycles. The Morgan fingerprint density at radius 3 is 2.45 bits per heavy atom. The number of carbonyl (C=O) groups is 1. The minimum absolute atomic E-state index is 0.0417. The average molecular weight is 290 g/mol. The van der Waals surface area contributed by atoms with Crippen molar-refractivity contribution in [2.24, 2.45) is 0 Å². The standard InChI is InChI=1S/C16H16ClNO2/c1-20-18-15(13-9-5-6-10-14(13)17)11-16(19)12-7-3-2-4-8-12/h2-10,15,18H,11H2,1H3/t15-/m0/s1. The third-order valence-electron chi connectivity index (χ3n) is 3.03. The van der Waals surface area contributed by atoms with E-state index in [2.05, 4.69) is 5.48 Å². The summed E-state index contributed by atoms with van der Waals surface area (Å²) in [5, 5.41) is 0.614. The number of nitrogens with one attached hydrogen (secondary N) is 1. The van der Waals surface area contributed by atoms with Crippen molar-refractivity contribution in [2.75, 3.05) is 7.11 Å². The third-order valence-corrected chi connectivity index (χ3v) is 3.37. The van der Waals surface area contributed by atoms with Gasteiger partial charge in [-0.3, -0.25) is 4.79 Å². The molecule has 0 radical (unpaired) electrons. The van der Waals surface area contributed by atoms with Gasteiger partial charge in [0.1, 0.15) is 0 Å². The number of rotatable bonds is 6. The number of benzene rings is 2. The van der Waals surface area contributed by atoms with Crippen LogP contribution in [0.15, 0.2) is 54.6 Å². The number of halogens is 1. The molecule has 0 fully saturated rings. The molecule has 2 rings (SSSR count). The molecule has 3 nitrogen and oxygen atoms in total. The van der Waals surface area contributed by atoms with E-state index < -0.39 is 0 Å². The summed E-state index contributed by atoms with van der Waals surface area (Å²) in [6.07, 6.45) is 0.279. The van der Waals surface area contributed by atoms with Crippen LogP contribution in [0.5, 0.6) is 0 Å². The molecule has 20 heavy (non-hydrogen) atoms. The van der Waals surface area contributed by atoms with E-state index in [0.29, 0.717) is 10.6 Å². The topological polar surface area (TPSA) is 38.3 Å². The van der Waals surface area contributed by atoms with Crippen molar-refractivity contribution in [1.82, 2.24) is 5.48 Å². The number of carbonyl (C=O) groups excluding carboxylic acids is 1. The zero-order valence-electron chi connectivity index (χ0n) is 11.2. The first-order valence-electron chi connectivity index (χ1n) is 6.33. The minimum Gasteiger partial charge on any atom is -0.305 e. The molecular weight excluding hydrogens is 274 g/mol. The highest BCUT2D eigenvalue weighted by Crippen LogP contribution is 2.26. The molecule has 0 amide bonds. The third kappa shape index (κ3) is 3.67. The van der Waals surface area contributed by atoms with E-state index in [0.717, 1.165) is 5.56 Å². The highest BCUT2D eigenvalue weighted by molar-refractivity contribution is 6.31. The highest BCUT2D eigenvalue weighted by atomic mass is 35.5. The zero-order valence-corrected chi connectivity index (χ0v) is 11.9. The molecule has 0 spiro atoms. The van der Waals surface area contributed by atoms with Crippen molar-refractivity contribution in [3.8, 4) is 0 Å². The summed E-state index contributed by atoms with van der Waals surface area (Å²) < 4.78 is 0. The molecule has 2 aromatic rings. The van der Waals surface area contributed by atoms with Crippen LogP contribution in [-0.4, -0.2) is 12.9 Å². The zero-order chi connectivity index (χ0) is 14.4. The molecule has 0 saturated heterocycles. The van der Waals surface area contributed by atoms with Crippen LogP contribution < -0.4 is 5.48 Å². The van der Waals surface area contributed by atoms with Gasteiger partial charge in [-0.1, -0.05) is 60.1 Å². The Morgan fingerprint density at radius 1 is 1.15 bits per heavy atom. The van der Waals surface area contributed by atoms with E-state index >= 15 is 0 Å². The monoisotopic (exact) mass is 289 g/mol. The van der Waals surface area contributed by atoms with E-state index in [9.17, 15) is 4.79 Å². The van der Waals surface area contributed by atoms with Gasteiger partial charge in [0.25, 0.3) is 0 Å². The van der Waals surface area contributed by atoms with Crippen LogP contribution in [-0.2, 0) is 4.84 Å². The fourth-order valence-corrected chi connectivity index (χ4v) is 2.31. The van der Waals surface area contributed by atoms with Crippen LogP contribution >= 0.6 is 11.6 Å². The van der Waals surface area contributed by atoms with Gasteiger partial charge in [-0.2, -0.15) is 5.48 Å². The van der Waals surface area contributed by atoms with Gasteiger partial charge in [-0.05, 0) is 11.6 Å². The van der Waals surface area contributed by atoms with E-state index in [-0.39, 0.29) is 18.2 Å². The van der Waals surface area contributed by atoms with Gasteiger partial charge in [0.15, 0.2) is 5.78 Å². The van der Waals surface area contributed by atoms with E-state index in [1.54, 1.807) is 18.2 Å². The molecule has 104 valence electrons. The molecule has 1 N–H and O–H groups in total. The first-order valence-corrected chi connectivity index (χ1v) is 6.71. The second-order valence-electron chi connectivity index (χ2n) is 4.39. The fraction of sp³-hybridized carbons (Fsp3) is 0.188. The lowest BCUT2D eigenvalue weighted by molar-refractivity contribution is 0.0545. The molecule has 2 aromatic carbocycles. The summed E-state index contributed by atoms with van der Waals surface area (Å²) >= 11 is 6.18. The number of hydroxylamine groups is 1. The Kier molecular flexibility index (Phi) is 5.30. The normalized spacial score (nSPS) is 12.1. The van der Waals surface area contributed by atoms with Crippen molar-refractivity contribution in [2.45, 2.75) is 12.5 Å². The Hall–Kier alpha value is -1.68. The largest absolute Gasteiger partial charge is 0.305 e. The molecule has 4 heteroatoms. The minimum atomic E-state index is -0.276. The predicted molar refractivity (Wildman–Crippen MR) is 79.7 cm³/mol. The number of hydrogen-bond donors (Lipinski definition) is 1. The van der Waals surface area contributed by atoms with Gasteiger partial charge in [0.05, 0.1) is 13.2 Å². The summed E-state index contributed by atoms with van der Waals surface area (Å²) in [5.41, 5.74) is 4.37. The summed E-state index contributed by atoms with van der Waals surface area (Å²) in [6.45, 7) is 0. The van der Waals surface area contributed by atoms with Crippen LogP contribution in [0.3, 0.4) is 0 Å². The molecule has 1 atom stereocenters. The first-order chi connectivity index (χ1) is 9.72. The second kappa shape index (κ2) is 7.20. The number of Topliss-reactive ketones (excluding diaryl/α,β-unsaturated/α-hetero) is 1. The quantitative estimate of drug-likeness (QED) is 0.649. The molecule has 0 bridgehead atoms. The van der Waals surface area contributed by atoms with E-state index in [4.69, 9.17) is 16.4 Å². The van der Waals surface area contributed by atoms with Crippen LogP contribution in [0, 0.1) is 0 Å². The molecule has 0 aliphatic carbocycles. The Labute approximate surface area is 123 Å². The van der Waals surface area contributed by atoms with E-state index in [1.807, 2.05) is 36.4 Å². The lowest BCUT2D eigenvalue weighted by atomic mass is 9.98. The fourth-order valence-electron chi connectivity index (χ4n) is 2.04. The van der Waals surface area contributed by atoms with Gasteiger partial charge < -0.3 is 4.84 Å². The lowest BCUT2D eigenvalue weighted by Gasteiger charge is -2.18. The molecule has 0 saturated carbocycles. The summed E-state index contributed by atoms with van der Waals surface area (Å²) in [4.78, 5) is 17.3. The second-order valence-corrected chi connectivity index (χ2v) is 4.80. The van der Waals surface area contributed by atoms with Gasteiger partial charge in [-0.15, -0.1) is 0 Å². The van der Waals surface area contributed by atoms with Crippen LogP contribution in [0.1, 0.15) is 28.4 Å². The number of ketones is 1. The Morgan fingerprint density at radius 2 is 1.80 bits per heavy atom. The lowest BCUT2D eigenvalue weighted by Crippen LogP contribution is -2.23. The molecule has 0 unspecified atom stereocenters. The Bertz CT molecular complexity index is 572. The van der Waals surface area contributed by atoms with Crippen molar-refractivity contribution in [3.63, 3.8) is 0 Å². The Balaban J connectivity index is 2.18. The highest BCUT2D eigenvalue weighted by Gasteiger charge is 2.19. The van der Waals surface area contributed by atoms with Crippen LogP contribution in [0.25, 0.3) is 0 Å². The van der Waals surface area contributed by atoms with Gasteiger partial charge in [-0.25, -0.2) is 0 Å². The summed E-state index contributed by atoms with van der Waals surface area (Å²) in [7, 11) is 1.52. The molecular formula is C16H16ClNO2. The van der Waals surface area contributed by atoms with Gasteiger partial charge >= 0.3 is 0 Å². The first kappa shape index (κ1) is 14.7. The predicted octanol–water partition coefficient (Wildman–Crippen LogP) is 3.81. The summed E-state index contributed by atoms with van der Waals surface area (Å²) in [6, 6.07) is 16.3. The van der Waals surface area contributed by atoms with Gasteiger partial charge in [0.2, 0.25) is 0 Å². The van der Waals surface area contributed by atoms with Crippen molar-refractivity contribution < 1.29 is 9.63 Å².